The molecule has 1 heterocycles. The third-order valence-corrected chi connectivity index (χ3v) is 2.53. The first-order chi connectivity index (χ1) is 6.20. The topological polar surface area (TPSA) is 41.8 Å². The van der Waals surface area contributed by atoms with E-state index in [9.17, 15) is 0 Å². The van der Waals surface area contributed by atoms with Crippen molar-refractivity contribution in [2.24, 2.45) is 5.73 Å². The molecule has 68 valence electrons. The Balaban J connectivity index is 2.74. The number of hydrogen-bond donors (Lipinski definition) is 2. The minimum Gasteiger partial charge on any atom is -0.356 e. The molecule has 0 saturated heterocycles. The first kappa shape index (κ1) is 8.60. The van der Waals surface area contributed by atoms with Gasteiger partial charge in [0, 0.05) is 16.9 Å². The van der Waals surface area contributed by atoms with E-state index in [1.807, 2.05) is 31.2 Å². The van der Waals surface area contributed by atoms with Gasteiger partial charge in [-0.1, -0.05) is 29.8 Å². The van der Waals surface area contributed by atoms with E-state index >= 15 is 0 Å². The zero-order valence-corrected chi connectivity index (χ0v) is 8.10. The number of fused-ring (bicyclic) bond motifs is 1. The molecule has 2 nitrogen and oxygen atoms in total. The van der Waals surface area contributed by atoms with E-state index in [4.69, 9.17) is 17.3 Å². The average Bonchev–Trinajstić information content (AvgIpc) is 2.45. The summed E-state index contributed by atoms with van der Waals surface area (Å²) in [5.74, 6) is 0. The molecule has 3 N–H and O–H groups in total. The fraction of sp³-hybridized carbons (Fsp3) is 0.200. The van der Waals surface area contributed by atoms with Crippen LogP contribution in [0, 0.1) is 0 Å². The molecule has 0 spiro atoms. The second kappa shape index (κ2) is 3.05. The van der Waals surface area contributed by atoms with Crippen LogP contribution in [0.25, 0.3) is 10.9 Å². The largest absolute Gasteiger partial charge is 0.356 e. The van der Waals surface area contributed by atoms with Gasteiger partial charge >= 0.3 is 0 Å². The number of nitrogens with one attached hydrogen (secondary N) is 1. The minimum absolute atomic E-state index is 0.0556. The fourth-order valence-corrected chi connectivity index (χ4v) is 1.83. The van der Waals surface area contributed by atoms with Crippen LogP contribution in [0.4, 0.5) is 0 Å². The van der Waals surface area contributed by atoms with E-state index in [1.54, 1.807) is 0 Å². The van der Waals surface area contributed by atoms with E-state index in [2.05, 4.69) is 4.98 Å². The van der Waals surface area contributed by atoms with Gasteiger partial charge in [0.05, 0.1) is 10.7 Å². The van der Waals surface area contributed by atoms with Gasteiger partial charge < -0.3 is 10.7 Å². The second-order valence-corrected chi connectivity index (χ2v) is 3.56. The smallest absolute Gasteiger partial charge is 0.0708 e. The first-order valence-electron chi connectivity index (χ1n) is 4.22. The molecule has 0 fully saturated rings. The van der Waals surface area contributed by atoms with Gasteiger partial charge in [-0.05, 0) is 13.0 Å². The molecule has 13 heavy (non-hydrogen) atoms. The van der Waals surface area contributed by atoms with Crippen molar-refractivity contribution in [2.45, 2.75) is 13.0 Å². The number of aromatic amines is 1. The molecule has 0 aliphatic carbocycles. The van der Waals surface area contributed by atoms with Crippen LogP contribution < -0.4 is 5.73 Å². The van der Waals surface area contributed by atoms with Crippen LogP contribution in [0.5, 0.6) is 0 Å². The molecule has 0 radical (unpaired) electrons. The van der Waals surface area contributed by atoms with Crippen molar-refractivity contribution in [1.29, 1.82) is 0 Å². The molecule has 0 aliphatic rings. The Hall–Kier alpha value is -0.990. The predicted molar refractivity (Wildman–Crippen MR) is 55.9 cm³/mol. The average molecular weight is 195 g/mol. The van der Waals surface area contributed by atoms with Crippen LogP contribution in [-0.4, -0.2) is 4.98 Å². The highest BCUT2D eigenvalue weighted by atomic mass is 35.5. The summed E-state index contributed by atoms with van der Waals surface area (Å²) < 4.78 is 0. The first-order valence-corrected chi connectivity index (χ1v) is 4.59. The lowest BCUT2D eigenvalue weighted by Crippen LogP contribution is -2.05. The van der Waals surface area contributed by atoms with Gasteiger partial charge in [-0.25, -0.2) is 0 Å². The molecule has 1 unspecified atom stereocenters. The van der Waals surface area contributed by atoms with Crippen molar-refractivity contribution in [1.82, 2.24) is 4.98 Å². The summed E-state index contributed by atoms with van der Waals surface area (Å²) in [6.07, 6.45) is 0. The van der Waals surface area contributed by atoms with E-state index in [0.29, 0.717) is 0 Å². The lowest BCUT2D eigenvalue weighted by atomic mass is 10.2. The normalized spacial score (nSPS) is 13.5. The standard InChI is InChI=1S/C10H11ClN2/c1-6(12)10-9(11)7-4-2-3-5-8(7)13-10/h2-6,13H,12H2,1H3. The van der Waals surface area contributed by atoms with Crippen molar-refractivity contribution < 1.29 is 0 Å². The number of rotatable bonds is 1. The molecule has 0 amide bonds. The number of para-hydroxylation sites is 1. The minimum atomic E-state index is -0.0556. The Morgan fingerprint density at radius 3 is 2.69 bits per heavy atom. The Labute approximate surface area is 81.7 Å². The summed E-state index contributed by atoms with van der Waals surface area (Å²) in [6, 6.07) is 7.86. The number of H-pyrrole nitrogens is 1. The van der Waals surface area contributed by atoms with Crippen molar-refractivity contribution in [3.8, 4) is 0 Å². The Bertz CT molecular complexity index is 431. The van der Waals surface area contributed by atoms with Gasteiger partial charge in [-0.2, -0.15) is 0 Å². The molecule has 0 aliphatic heterocycles. The third kappa shape index (κ3) is 1.32. The summed E-state index contributed by atoms with van der Waals surface area (Å²) in [5, 5.41) is 1.78. The van der Waals surface area contributed by atoms with Gasteiger partial charge in [-0.15, -0.1) is 0 Å². The molecule has 1 aromatic heterocycles. The number of hydrogen-bond acceptors (Lipinski definition) is 1. The quantitative estimate of drug-likeness (QED) is 0.720. The van der Waals surface area contributed by atoms with Gasteiger partial charge in [0.1, 0.15) is 0 Å². The van der Waals surface area contributed by atoms with Crippen LogP contribution in [0.1, 0.15) is 18.7 Å². The van der Waals surface area contributed by atoms with Crippen LogP contribution in [0.15, 0.2) is 24.3 Å². The zero-order valence-electron chi connectivity index (χ0n) is 7.34. The van der Waals surface area contributed by atoms with Crippen molar-refractivity contribution in [3.05, 3.63) is 35.0 Å². The highest BCUT2D eigenvalue weighted by molar-refractivity contribution is 6.36. The van der Waals surface area contributed by atoms with E-state index < -0.39 is 0 Å². The Morgan fingerprint density at radius 2 is 2.08 bits per heavy atom. The lowest BCUT2D eigenvalue weighted by molar-refractivity contribution is 0.792. The maximum absolute atomic E-state index is 6.14. The highest BCUT2D eigenvalue weighted by Gasteiger charge is 2.11. The van der Waals surface area contributed by atoms with E-state index in [0.717, 1.165) is 21.6 Å². The van der Waals surface area contributed by atoms with Crippen LogP contribution in [0.3, 0.4) is 0 Å². The molecular weight excluding hydrogens is 184 g/mol. The highest BCUT2D eigenvalue weighted by Crippen LogP contribution is 2.29. The monoisotopic (exact) mass is 194 g/mol. The van der Waals surface area contributed by atoms with Crippen LogP contribution in [0.2, 0.25) is 5.02 Å². The zero-order chi connectivity index (χ0) is 9.42. The molecule has 0 saturated carbocycles. The van der Waals surface area contributed by atoms with Gasteiger partial charge in [0.25, 0.3) is 0 Å². The maximum atomic E-state index is 6.14. The summed E-state index contributed by atoms with van der Waals surface area (Å²) in [6.45, 7) is 1.91. The molecule has 1 aromatic carbocycles. The lowest BCUT2D eigenvalue weighted by Gasteiger charge is -2.01. The van der Waals surface area contributed by atoms with Crippen molar-refractivity contribution in [3.63, 3.8) is 0 Å². The molecule has 2 rings (SSSR count). The van der Waals surface area contributed by atoms with Gasteiger partial charge in [-0.3, -0.25) is 0 Å². The Morgan fingerprint density at radius 1 is 1.38 bits per heavy atom. The summed E-state index contributed by atoms with van der Waals surface area (Å²) in [5.41, 5.74) is 7.71. The maximum Gasteiger partial charge on any atom is 0.0708 e. The van der Waals surface area contributed by atoms with Gasteiger partial charge in [0.2, 0.25) is 0 Å². The molecule has 2 aromatic rings. The van der Waals surface area contributed by atoms with E-state index in [-0.39, 0.29) is 6.04 Å². The molecular formula is C10H11ClN2. The summed E-state index contributed by atoms with van der Waals surface area (Å²) >= 11 is 6.14. The van der Waals surface area contributed by atoms with Crippen molar-refractivity contribution in [2.75, 3.05) is 0 Å². The molecule has 0 bridgehead atoms. The number of benzene rings is 1. The van der Waals surface area contributed by atoms with Crippen LogP contribution in [-0.2, 0) is 0 Å². The summed E-state index contributed by atoms with van der Waals surface area (Å²) in [7, 11) is 0. The third-order valence-electron chi connectivity index (χ3n) is 2.12. The summed E-state index contributed by atoms with van der Waals surface area (Å²) in [4.78, 5) is 3.21. The number of halogens is 1. The predicted octanol–water partition coefficient (Wildman–Crippen LogP) is 2.84. The van der Waals surface area contributed by atoms with Crippen molar-refractivity contribution >= 4 is 22.5 Å². The molecule has 3 heteroatoms. The van der Waals surface area contributed by atoms with Crippen LogP contribution >= 0.6 is 11.6 Å². The SMILES string of the molecule is CC(N)c1[nH]c2ccccc2c1Cl. The second-order valence-electron chi connectivity index (χ2n) is 3.19. The fourth-order valence-electron chi connectivity index (χ4n) is 1.44. The van der Waals surface area contributed by atoms with E-state index in [1.165, 1.54) is 0 Å². The number of nitrogens with two attached hydrogens (primary N) is 1. The number of aromatic nitrogens is 1. The molecule has 1 atom stereocenters. The van der Waals surface area contributed by atoms with Gasteiger partial charge in [0.15, 0.2) is 0 Å². The Kier molecular flexibility index (Phi) is 2.02.